The molecule has 1 saturated heterocycles. The van der Waals surface area contributed by atoms with E-state index in [1.54, 1.807) is 12.1 Å². The Hall–Kier alpha value is -1.66. The molecule has 2 amide bonds. The number of hydrogen-bond donors (Lipinski definition) is 2. The fourth-order valence-electron chi connectivity index (χ4n) is 6.64. The molecule has 1 aromatic rings. The summed E-state index contributed by atoms with van der Waals surface area (Å²) in [7, 11) is 0. The van der Waals surface area contributed by atoms with E-state index in [0.29, 0.717) is 35.5 Å². The molecule has 7 heteroatoms. The Labute approximate surface area is 181 Å². The fourth-order valence-corrected chi connectivity index (χ4v) is 6.86. The number of benzene rings is 1. The van der Waals surface area contributed by atoms with Gasteiger partial charge in [0.2, 0.25) is 11.8 Å². The molecule has 5 aliphatic rings. The first kappa shape index (κ1) is 20.3. The molecular weight excluding hydrogens is 405 g/mol. The third-order valence-corrected chi connectivity index (χ3v) is 8.15. The molecule has 1 aliphatic heterocycles. The van der Waals surface area contributed by atoms with Gasteiger partial charge in [0.05, 0.1) is 12.5 Å². The minimum atomic E-state index is -0.605. The summed E-state index contributed by atoms with van der Waals surface area (Å²) < 4.78 is 14.3. The maximum atomic E-state index is 14.3. The van der Waals surface area contributed by atoms with Crippen LogP contribution in [0.15, 0.2) is 18.2 Å². The van der Waals surface area contributed by atoms with Crippen molar-refractivity contribution >= 4 is 23.4 Å². The number of carbonyl (C=O) groups excluding carboxylic acids is 2. The zero-order chi connectivity index (χ0) is 20.8. The standard InChI is InChI=1S/C23H29ClFN3O2/c24-18-2-1-3-19(25)17(18)12-28-5-4-26-23(30)20(28)11-21(29)27-22-15-7-13-6-14(9-15)10-16(22)8-13/h1-3,13-16,20,22H,4-12H2,(H,26,30)(H,27,29)/t13?,14?,15?,16?,20-,22?/m0/s1. The number of nitrogens with one attached hydrogen (secondary N) is 2. The van der Waals surface area contributed by atoms with Gasteiger partial charge in [0.25, 0.3) is 0 Å². The van der Waals surface area contributed by atoms with Gasteiger partial charge in [-0.15, -0.1) is 0 Å². The lowest BCUT2D eigenvalue weighted by Gasteiger charge is -2.54. The van der Waals surface area contributed by atoms with Crippen molar-refractivity contribution in [3.63, 3.8) is 0 Å². The van der Waals surface area contributed by atoms with Crippen molar-refractivity contribution in [2.45, 2.75) is 57.2 Å². The largest absolute Gasteiger partial charge is 0.353 e. The van der Waals surface area contributed by atoms with Gasteiger partial charge in [-0.3, -0.25) is 14.5 Å². The van der Waals surface area contributed by atoms with Crippen LogP contribution >= 0.6 is 11.6 Å². The summed E-state index contributed by atoms with van der Waals surface area (Å²) in [6.07, 6.45) is 6.42. The number of halogens is 2. The van der Waals surface area contributed by atoms with Gasteiger partial charge >= 0.3 is 0 Å². The van der Waals surface area contributed by atoms with Gasteiger partial charge in [0.15, 0.2) is 0 Å². The van der Waals surface area contributed by atoms with Crippen molar-refractivity contribution in [2.75, 3.05) is 13.1 Å². The predicted molar refractivity (Wildman–Crippen MR) is 112 cm³/mol. The number of hydrogen-bond acceptors (Lipinski definition) is 3. The van der Waals surface area contributed by atoms with Gasteiger partial charge in [0.1, 0.15) is 5.82 Å². The van der Waals surface area contributed by atoms with Crippen molar-refractivity contribution in [1.82, 2.24) is 15.5 Å². The highest BCUT2D eigenvalue weighted by atomic mass is 35.5. The van der Waals surface area contributed by atoms with Crippen LogP contribution in [0.4, 0.5) is 4.39 Å². The highest BCUT2D eigenvalue weighted by Gasteiger charge is 2.48. The molecule has 1 aromatic carbocycles. The highest BCUT2D eigenvalue weighted by Crippen LogP contribution is 2.53. The molecule has 0 radical (unpaired) electrons. The van der Waals surface area contributed by atoms with Gasteiger partial charge in [-0.05, 0) is 67.9 Å². The lowest BCUT2D eigenvalue weighted by atomic mass is 9.54. The van der Waals surface area contributed by atoms with Gasteiger partial charge in [-0.25, -0.2) is 4.39 Å². The second-order valence-electron chi connectivity index (χ2n) is 9.71. The third-order valence-electron chi connectivity index (χ3n) is 7.80. The van der Waals surface area contributed by atoms with E-state index < -0.39 is 6.04 Å². The van der Waals surface area contributed by atoms with Crippen LogP contribution in [-0.4, -0.2) is 41.9 Å². The predicted octanol–water partition coefficient (Wildman–Crippen LogP) is 3.11. The second-order valence-corrected chi connectivity index (χ2v) is 10.1. The smallest absolute Gasteiger partial charge is 0.237 e. The molecule has 30 heavy (non-hydrogen) atoms. The Bertz CT molecular complexity index is 799. The van der Waals surface area contributed by atoms with Gasteiger partial charge in [-0.1, -0.05) is 17.7 Å². The molecule has 4 saturated carbocycles. The van der Waals surface area contributed by atoms with Crippen molar-refractivity contribution in [1.29, 1.82) is 0 Å². The topological polar surface area (TPSA) is 61.4 Å². The molecule has 162 valence electrons. The lowest BCUT2D eigenvalue weighted by Crippen LogP contribution is -2.59. The molecule has 0 spiro atoms. The number of rotatable bonds is 5. The number of amides is 2. The molecule has 0 aromatic heterocycles. The number of carbonyl (C=O) groups is 2. The van der Waals surface area contributed by atoms with Gasteiger partial charge < -0.3 is 10.6 Å². The van der Waals surface area contributed by atoms with Crippen molar-refractivity contribution in [3.8, 4) is 0 Å². The van der Waals surface area contributed by atoms with E-state index in [1.807, 2.05) is 4.90 Å². The minimum Gasteiger partial charge on any atom is -0.353 e. The Morgan fingerprint density at radius 2 is 1.87 bits per heavy atom. The number of piperazine rings is 1. The van der Waals surface area contributed by atoms with E-state index in [0.717, 1.165) is 11.8 Å². The average Bonchev–Trinajstić information content (AvgIpc) is 2.69. The zero-order valence-corrected chi connectivity index (χ0v) is 17.8. The molecule has 2 N–H and O–H groups in total. The van der Waals surface area contributed by atoms with Crippen molar-refractivity contribution in [2.24, 2.45) is 23.7 Å². The first-order valence-corrected chi connectivity index (χ1v) is 11.6. The van der Waals surface area contributed by atoms with Gasteiger partial charge in [-0.2, -0.15) is 0 Å². The van der Waals surface area contributed by atoms with Crippen LogP contribution in [-0.2, 0) is 16.1 Å². The second kappa shape index (κ2) is 8.12. The van der Waals surface area contributed by atoms with E-state index in [-0.39, 0.29) is 36.6 Å². The van der Waals surface area contributed by atoms with E-state index in [9.17, 15) is 14.0 Å². The van der Waals surface area contributed by atoms with Gasteiger partial charge in [0, 0.05) is 36.3 Å². The fraction of sp³-hybridized carbons (Fsp3) is 0.652. The van der Waals surface area contributed by atoms with Crippen LogP contribution in [0.25, 0.3) is 0 Å². The van der Waals surface area contributed by atoms with Crippen LogP contribution in [0.5, 0.6) is 0 Å². The van der Waals surface area contributed by atoms with E-state index in [4.69, 9.17) is 11.6 Å². The van der Waals surface area contributed by atoms with Crippen LogP contribution in [0.1, 0.15) is 44.1 Å². The highest BCUT2D eigenvalue weighted by molar-refractivity contribution is 6.31. The Morgan fingerprint density at radius 1 is 1.17 bits per heavy atom. The molecule has 4 aliphatic carbocycles. The maximum Gasteiger partial charge on any atom is 0.237 e. The Kier molecular flexibility index (Phi) is 5.48. The Morgan fingerprint density at radius 3 is 2.53 bits per heavy atom. The summed E-state index contributed by atoms with van der Waals surface area (Å²) in [5.41, 5.74) is 0.375. The normalized spacial score (nSPS) is 35.3. The number of nitrogens with zero attached hydrogens (tertiary/aromatic N) is 1. The lowest BCUT2D eigenvalue weighted by molar-refractivity contribution is -0.135. The van der Waals surface area contributed by atoms with Crippen molar-refractivity contribution < 1.29 is 14.0 Å². The summed E-state index contributed by atoms with van der Waals surface area (Å²) in [5.74, 6) is 2.27. The Balaban J connectivity index is 1.26. The summed E-state index contributed by atoms with van der Waals surface area (Å²) in [4.78, 5) is 27.4. The van der Waals surface area contributed by atoms with E-state index >= 15 is 0 Å². The average molecular weight is 434 g/mol. The molecule has 6 rings (SSSR count). The van der Waals surface area contributed by atoms with Crippen molar-refractivity contribution in [3.05, 3.63) is 34.6 Å². The first-order valence-electron chi connectivity index (χ1n) is 11.2. The molecule has 1 heterocycles. The van der Waals surface area contributed by atoms with Crippen LogP contribution in [0, 0.1) is 29.5 Å². The third kappa shape index (κ3) is 3.84. The summed E-state index contributed by atoms with van der Waals surface area (Å²) in [5, 5.41) is 6.49. The maximum absolute atomic E-state index is 14.3. The van der Waals surface area contributed by atoms with Crippen LogP contribution in [0.2, 0.25) is 5.02 Å². The monoisotopic (exact) mass is 433 g/mol. The van der Waals surface area contributed by atoms with Crippen LogP contribution in [0.3, 0.4) is 0 Å². The quantitative estimate of drug-likeness (QED) is 0.750. The summed E-state index contributed by atoms with van der Waals surface area (Å²) in [6, 6.07) is 4.25. The molecule has 4 bridgehead atoms. The van der Waals surface area contributed by atoms with Crippen LogP contribution < -0.4 is 10.6 Å². The molecule has 1 atom stereocenters. The minimum absolute atomic E-state index is 0.0702. The van der Waals surface area contributed by atoms with E-state index in [1.165, 1.54) is 38.2 Å². The first-order chi connectivity index (χ1) is 14.5. The zero-order valence-electron chi connectivity index (χ0n) is 17.1. The summed E-state index contributed by atoms with van der Waals surface area (Å²) in [6.45, 7) is 1.26. The summed E-state index contributed by atoms with van der Waals surface area (Å²) >= 11 is 6.19. The molecular formula is C23H29ClFN3O2. The molecule has 0 unspecified atom stereocenters. The molecule has 5 fully saturated rings. The molecule has 5 nitrogen and oxygen atoms in total. The van der Waals surface area contributed by atoms with E-state index in [2.05, 4.69) is 10.6 Å². The SMILES string of the molecule is O=C(C[C@H]1C(=O)NCCN1Cc1c(F)cccc1Cl)NC1C2CC3CC(C2)CC1C3.